The molecule has 1 aliphatic heterocycles. The normalized spacial score (nSPS) is 14.5. The van der Waals surface area contributed by atoms with Crippen molar-refractivity contribution in [2.24, 2.45) is 0 Å². The summed E-state index contributed by atoms with van der Waals surface area (Å²) in [5.41, 5.74) is 1.05. The Bertz CT molecular complexity index is 982. The second kappa shape index (κ2) is 9.35. The van der Waals surface area contributed by atoms with E-state index in [2.05, 4.69) is 19.7 Å². The fraction of sp³-hybridized carbons (Fsp3) is 0.368. The van der Waals surface area contributed by atoms with Crippen molar-refractivity contribution in [2.45, 2.75) is 11.5 Å². The maximum absolute atomic E-state index is 13.0. The highest BCUT2D eigenvalue weighted by Crippen LogP contribution is 2.34. The van der Waals surface area contributed by atoms with Crippen molar-refractivity contribution in [3.63, 3.8) is 0 Å². The molecule has 0 atom stereocenters. The summed E-state index contributed by atoms with van der Waals surface area (Å²) in [6.07, 6.45) is 0. The average Bonchev–Trinajstić information content (AvgIpc) is 2.73. The van der Waals surface area contributed by atoms with Crippen molar-refractivity contribution in [1.82, 2.24) is 5.32 Å². The first kappa shape index (κ1) is 21.9. The van der Waals surface area contributed by atoms with Crippen LogP contribution in [0.25, 0.3) is 0 Å². The van der Waals surface area contributed by atoms with Crippen LogP contribution in [-0.2, 0) is 10.0 Å². The second-order valence-corrected chi connectivity index (χ2v) is 8.07. The molecule has 0 radical (unpaired) electrons. The monoisotopic (exact) mass is 443 g/mol. The van der Waals surface area contributed by atoms with Gasteiger partial charge in [-0.25, -0.2) is 8.42 Å². The van der Waals surface area contributed by atoms with E-state index in [-0.39, 0.29) is 16.4 Å². The zero-order valence-electron chi connectivity index (χ0n) is 16.5. The molecular formula is C19H23F2N3O5S. The Kier molecular flexibility index (Phi) is 6.83. The van der Waals surface area contributed by atoms with E-state index in [9.17, 15) is 17.2 Å². The molecule has 0 unspecified atom stereocenters. The van der Waals surface area contributed by atoms with Crippen LogP contribution in [0.4, 0.5) is 20.2 Å². The highest BCUT2D eigenvalue weighted by atomic mass is 32.2. The lowest BCUT2D eigenvalue weighted by molar-refractivity contribution is -0.0500. The van der Waals surface area contributed by atoms with Crippen LogP contribution in [0.1, 0.15) is 0 Å². The van der Waals surface area contributed by atoms with Crippen LogP contribution < -0.4 is 29.1 Å². The third-order valence-electron chi connectivity index (χ3n) is 4.54. The smallest absolute Gasteiger partial charge is 0.387 e. The number of alkyl halides is 2. The van der Waals surface area contributed by atoms with Crippen LogP contribution in [0, 0.1) is 0 Å². The fourth-order valence-corrected chi connectivity index (χ4v) is 4.39. The summed E-state index contributed by atoms with van der Waals surface area (Å²) in [5.74, 6) is 0.326. The third-order valence-corrected chi connectivity index (χ3v) is 5.94. The van der Waals surface area contributed by atoms with Gasteiger partial charge in [-0.15, -0.1) is 0 Å². The third kappa shape index (κ3) is 5.03. The Morgan fingerprint density at radius 3 is 2.33 bits per heavy atom. The summed E-state index contributed by atoms with van der Waals surface area (Å²) >= 11 is 0. The number of hydrogen-bond acceptors (Lipinski definition) is 7. The topological polar surface area (TPSA) is 89.1 Å². The number of nitrogens with zero attached hydrogens (tertiary/aromatic N) is 1. The van der Waals surface area contributed by atoms with Gasteiger partial charge in [-0.1, -0.05) is 0 Å². The van der Waals surface area contributed by atoms with Crippen molar-refractivity contribution < 1.29 is 31.4 Å². The standard InChI is InChI=1S/C19H23F2N3O5S/c1-27-16-5-3-13(11-15(16)24-9-7-22-8-10-24)23-30(25,26)18-12-14(29-19(20)21)4-6-17(18)28-2/h3-6,11-12,19,22-23H,7-10H2,1-2H3. The molecule has 0 bridgehead atoms. The van der Waals surface area contributed by atoms with Crippen molar-refractivity contribution in [2.75, 3.05) is 50.0 Å². The zero-order chi connectivity index (χ0) is 21.7. The maximum atomic E-state index is 13.0. The van der Waals surface area contributed by atoms with Crippen LogP contribution in [0.2, 0.25) is 0 Å². The van der Waals surface area contributed by atoms with Crippen LogP contribution in [0.5, 0.6) is 17.2 Å². The summed E-state index contributed by atoms with van der Waals surface area (Å²) in [7, 11) is -1.32. The summed E-state index contributed by atoms with van der Waals surface area (Å²) in [5, 5.41) is 3.25. The molecule has 1 heterocycles. The summed E-state index contributed by atoms with van der Waals surface area (Å²) in [4.78, 5) is 1.77. The number of anilines is 2. The number of halogens is 2. The molecule has 0 spiro atoms. The van der Waals surface area contributed by atoms with E-state index in [4.69, 9.17) is 9.47 Å². The molecular weight excluding hydrogens is 420 g/mol. The molecule has 2 aromatic carbocycles. The minimum absolute atomic E-state index is 0.0000404. The Morgan fingerprint density at radius 2 is 1.70 bits per heavy atom. The highest BCUT2D eigenvalue weighted by Gasteiger charge is 2.23. The van der Waals surface area contributed by atoms with Gasteiger partial charge in [0.15, 0.2) is 0 Å². The molecule has 1 fully saturated rings. The minimum Gasteiger partial charge on any atom is -0.495 e. The van der Waals surface area contributed by atoms with Gasteiger partial charge in [0, 0.05) is 32.2 Å². The van der Waals surface area contributed by atoms with Gasteiger partial charge in [0.25, 0.3) is 10.0 Å². The molecule has 1 aliphatic rings. The lowest BCUT2D eigenvalue weighted by Crippen LogP contribution is -2.43. The maximum Gasteiger partial charge on any atom is 0.387 e. The highest BCUT2D eigenvalue weighted by molar-refractivity contribution is 7.92. The number of piperazine rings is 1. The lowest BCUT2D eigenvalue weighted by atomic mass is 10.2. The van der Waals surface area contributed by atoms with Gasteiger partial charge in [-0.3, -0.25) is 4.72 Å². The molecule has 0 saturated carbocycles. The molecule has 0 aromatic heterocycles. The van der Waals surface area contributed by atoms with Crippen molar-refractivity contribution in [1.29, 1.82) is 0 Å². The van der Waals surface area contributed by atoms with Gasteiger partial charge in [0.2, 0.25) is 0 Å². The van der Waals surface area contributed by atoms with E-state index in [1.165, 1.54) is 19.2 Å². The fourth-order valence-electron chi connectivity index (χ4n) is 3.16. The average molecular weight is 443 g/mol. The van der Waals surface area contributed by atoms with Gasteiger partial charge in [-0.2, -0.15) is 8.78 Å². The molecule has 0 amide bonds. The van der Waals surface area contributed by atoms with E-state index in [1.54, 1.807) is 25.3 Å². The Morgan fingerprint density at radius 1 is 1.03 bits per heavy atom. The van der Waals surface area contributed by atoms with Crippen LogP contribution >= 0.6 is 0 Å². The van der Waals surface area contributed by atoms with E-state index in [1.807, 2.05) is 0 Å². The summed E-state index contributed by atoms with van der Waals surface area (Å²) < 4.78 is 68.3. The Labute approximate surface area is 173 Å². The summed E-state index contributed by atoms with van der Waals surface area (Å²) in [6.45, 7) is 0.00597. The summed E-state index contributed by atoms with van der Waals surface area (Å²) in [6, 6.07) is 8.37. The molecule has 30 heavy (non-hydrogen) atoms. The predicted octanol–water partition coefficient (Wildman–Crippen LogP) is 2.52. The van der Waals surface area contributed by atoms with E-state index >= 15 is 0 Å². The SMILES string of the molecule is COc1ccc(NS(=O)(=O)c2cc(OC(F)F)ccc2OC)cc1N1CCNCC1. The molecule has 164 valence electrons. The first-order valence-electron chi connectivity index (χ1n) is 9.13. The molecule has 0 aliphatic carbocycles. The quantitative estimate of drug-likeness (QED) is 0.648. The van der Waals surface area contributed by atoms with Crippen molar-refractivity contribution >= 4 is 21.4 Å². The zero-order valence-corrected chi connectivity index (χ0v) is 17.3. The van der Waals surface area contributed by atoms with Crippen LogP contribution in [-0.4, -0.2) is 55.4 Å². The number of nitrogens with one attached hydrogen (secondary N) is 2. The van der Waals surface area contributed by atoms with E-state index in [0.717, 1.165) is 37.9 Å². The predicted molar refractivity (Wildman–Crippen MR) is 109 cm³/mol. The Balaban J connectivity index is 1.93. The molecule has 3 rings (SSSR count). The number of hydrogen-bond donors (Lipinski definition) is 2. The number of rotatable bonds is 8. The molecule has 1 saturated heterocycles. The lowest BCUT2D eigenvalue weighted by Gasteiger charge is -2.31. The van der Waals surface area contributed by atoms with Crippen molar-refractivity contribution in [3.05, 3.63) is 36.4 Å². The van der Waals surface area contributed by atoms with Gasteiger partial charge in [0.1, 0.15) is 22.1 Å². The minimum atomic E-state index is -4.15. The van der Waals surface area contributed by atoms with Crippen LogP contribution in [0.3, 0.4) is 0 Å². The molecule has 11 heteroatoms. The van der Waals surface area contributed by atoms with Gasteiger partial charge >= 0.3 is 6.61 Å². The number of benzene rings is 2. The number of methoxy groups -OCH3 is 2. The largest absolute Gasteiger partial charge is 0.495 e. The molecule has 2 N–H and O–H groups in total. The van der Waals surface area contributed by atoms with Gasteiger partial charge < -0.3 is 24.4 Å². The number of sulfonamides is 1. The first-order chi connectivity index (χ1) is 14.3. The molecule has 2 aromatic rings. The second-order valence-electron chi connectivity index (χ2n) is 6.42. The Hall–Kier alpha value is -2.79. The van der Waals surface area contributed by atoms with E-state index in [0.29, 0.717) is 11.4 Å². The molecule has 8 nitrogen and oxygen atoms in total. The first-order valence-corrected chi connectivity index (χ1v) is 10.6. The van der Waals surface area contributed by atoms with Gasteiger partial charge in [-0.05, 0) is 30.3 Å². The van der Waals surface area contributed by atoms with Crippen LogP contribution in [0.15, 0.2) is 41.3 Å². The van der Waals surface area contributed by atoms with Gasteiger partial charge in [0.05, 0.1) is 25.6 Å². The van der Waals surface area contributed by atoms with Crippen molar-refractivity contribution in [3.8, 4) is 17.2 Å². The number of ether oxygens (including phenoxy) is 3. The van der Waals surface area contributed by atoms with E-state index < -0.39 is 16.6 Å².